The van der Waals surface area contributed by atoms with E-state index < -0.39 is 60.9 Å². The van der Waals surface area contributed by atoms with E-state index >= 15 is 8.78 Å². The van der Waals surface area contributed by atoms with Gasteiger partial charge in [0.05, 0.1) is 18.3 Å². The number of carbonyl (C=O) groups is 2. The Balaban J connectivity index is 1.98. The normalized spacial score (nSPS) is 26.9. The summed E-state index contributed by atoms with van der Waals surface area (Å²) in [7, 11) is 0. The number of alkyl halides is 2. The third kappa shape index (κ3) is 4.88. The zero-order valence-corrected chi connectivity index (χ0v) is 20.1. The number of aliphatic carboxylic acids is 1. The second-order valence-corrected chi connectivity index (χ2v) is 8.86. The quantitative estimate of drug-likeness (QED) is 0.283. The third-order valence-corrected chi connectivity index (χ3v) is 6.33. The highest BCUT2D eigenvalue weighted by Crippen LogP contribution is 2.44. The van der Waals surface area contributed by atoms with E-state index in [1.807, 2.05) is 0 Å². The van der Waals surface area contributed by atoms with Crippen LogP contribution in [0.2, 0.25) is 0 Å². The molecule has 13 heteroatoms. The van der Waals surface area contributed by atoms with Gasteiger partial charge in [-0.25, -0.2) is 13.9 Å². The molecule has 2 unspecified atom stereocenters. The summed E-state index contributed by atoms with van der Waals surface area (Å²) in [5, 5.41) is 50.2. The van der Waals surface area contributed by atoms with Crippen molar-refractivity contribution in [2.75, 3.05) is 6.61 Å². The molecule has 5 N–H and O–H groups in total. The van der Waals surface area contributed by atoms with Crippen LogP contribution in [-0.4, -0.2) is 90.3 Å². The van der Waals surface area contributed by atoms with Crippen LogP contribution in [-0.2, 0) is 14.3 Å². The van der Waals surface area contributed by atoms with Gasteiger partial charge < -0.3 is 30.5 Å². The predicted octanol–water partition coefficient (Wildman–Crippen LogP) is 0.859. The molecular weight excluding hydrogens is 506 g/mol. The minimum Gasteiger partial charge on any atom is -0.477 e. The van der Waals surface area contributed by atoms with Crippen LogP contribution >= 0.6 is 0 Å². The molecule has 0 spiro atoms. The molecule has 1 aliphatic heterocycles. The van der Waals surface area contributed by atoms with Crippen molar-refractivity contribution in [1.29, 1.82) is 0 Å². The lowest BCUT2D eigenvalue weighted by Gasteiger charge is -2.47. The largest absolute Gasteiger partial charge is 0.477 e. The van der Waals surface area contributed by atoms with Crippen LogP contribution in [0.5, 0.6) is 0 Å². The molecular formula is C25H26F2N4O7. The molecule has 1 aliphatic rings. The number of nitrogens with one attached hydrogen (secondary N) is 1. The fourth-order valence-electron chi connectivity index (χ4n) is 4.55. The number of benzene rings is 2. The minimum absolute atomic E-state index is 0.172. The van der Waals surface area contributed by atoms with Crippen LogP contribution in [0.25, 0.3) is 22.5 Å². The molecule has 11 nitrogen and oxygen atoms in total. The number of carboxylic acid groups (broad SMARTS) is 1. The van der Waals surface area contributed by atoms with E-state index in [1.165, 1.54) is 0 Å². The van der Waals surface area contributed by atoms with Gasteiger partial charge >= 0.3 is 11.8 Å². The Hall–Kier alpha value is -3.78. The molecule has 4 rings (SSSR count). The molecule has 0 radical (unpaired) electrons. The molecule has 2 heterocycles. The first kappa shape index (κ1) is 27.3. The lowest BCUT2D eigenvalue weighted by Crippen LogP contribution is -2.69. The van der Waals surface area contributed by atoms with Gasteiger partial charge in [-0.05, 0) is 0 Å². The number of carbonyl (C=O) groups excluding carboxylic acids is 1. The zero-order valence-electron chi connectivity index (χ0n) is 20.1. The first-order valence-electron chi connectivity index (χ1n) is 11.6. The lowest BCUT2D eigenvalue weighted by molar-refractivity contribution is -0.283. The second-order valence-electron chi connectivity index (χ2n) is 8.86. The number of halogens is 2. The summed E-state index contributed by atoms with van der Waals surface area (Å²) >= 11 is 0. The highest BCUT2D eigenvalue weighted by Gasteiger charge is 2.64. The maximum absolute atomic E-state index is 16.0. The van der Waals surface area contributed by atoms with E-state index in [0.717, 1.165) is 11.6 Å². The van der Waals surface area contributed by atoms with Crippen molar-refractivity contribution < 1.29 is 43.5 Å². The first-order valence-corrected chi connectivity index (χ1v) is 11.6. The summed E-state index contributed by atoms with van der Waals surface area (Å²) in [5.41, 5.74) is 1.45. The van der Waals surface area contributed by atoms with Gasteiger partial charge in [-0.3, -0.25) is 4.79 Å². The number of hydrogen-bond acceptors (Lipinski definition) is 8. The predicted molar refractivity (Wildman–Crippen MR) is 128 cm³/mol. The number of nitrogens with zero attached hydrogens (tertiary/aromatic N) is 3. The first-order chi connectivity index (χ1) is 18.1. The van der Waals surface area contributed by atoms with Crippen molar-refractivity contribution in [3.05, 3.63) is 60.7 Å². The van der Waals surface area contributed by atoms with Crippen molar-refractivity contribution in [3.8, 4) is 22.5 Å². The summed E-state index contributed by atoms with van der Waals surface area (Å²) < 4.78 is 37.6. The van der Waals surface area contributed by atoms with Crippen LogP contribution < -0.4 is 5.32 Å². The number of ether oxygens (including phenoxy) is 1. The van der Waals surface area contributed by atoms with Crippen molar-refractivity contribution >= 4 is 11.9 Å². The van der Waals surface area contributed by atoms with Gasteiger partial charge in [-0.15, -0.1) is 5.10 Å². The summed E-state index contributed by atoms with van der Waals surface area (Å²) in [4.78, 5) is 24.1. The molecule has 0 aliphatic carbocycles. The Morgan fingerprint density at radius 3 is 2.21 bits per heavy atom. The van der Waals surface area contributed by atoms with Crippen molar-refractivity contribution in [3.63, 3.8) is 0 Å². The maximum atomic E-state index is 16.0. The molecule has 38 heavy (non-hydrogen) atoms. The van der Waals surface area contributed by atoms with E-state index in [1.54, 1.807) is 60.7 Å². The zero-order chi connectivity index (χ0) is 27.6. The molecule has 2 aromatic carbocycles. The van der Waals surface area contributed by atoms with Gasteiger partial charge in [0.1, 0.15) is 30.0 Å². The van der Waals surface area contributed by atoms with Gasteiger partial charge in [0.25, 0.3) is 0 Å². The number of aliphatic hydroxyl groups is 3. The topological polar surface area (TPSA) is 167 Å². The standard InChI is InChI=1S/C25H26F2N4O7/c1-13(33)28-18-20(23(26)25(27,24(36)37)38-22(18)21(35)16(34)12-32)31-19(15-10-6-3-7-11-15)17(29-30-31)14-8-4-2-5-9-14/h2-11,16,18,20-23,32,34-35H,12H2,1H3,(H,28,33)(H,36,37)/t16-,18-,20-,21-,22-,23?,25?/m1/s1. The van der Waals surface area contributed by atoms with Crippen molar-refractivity contribution in [2.24, 2.45) is 0 Å². The SMILES string of the molecule is CC(=O)N[C@H]1[C@H]([C@H](O)[C@H](O)CO)OC(F)(C(=O)O)C(F)[C@@H]1n1nnc(-c2ccccc2)c1-c1ccccc1. The summed E-state index contributed by atoms with van der Waals surface area (Å²) in [6.45, 7) is 0.0557. The van der Waals surface area contributed by atoms with E-state index in [2.05, 4.69) is 15.6 Å². The Kier molecular flexibility index (Phi) is 7.83. The van der Waals surface area contributed by atoms with Gasteiger partial charge in [-0.2, -0.15) is 4.39 Å². The lowest BCUT2D eigenvalue weighted by atomic mass is 9.85. The summed E-state index contributed by atoms with van der Waals surface area (Å²) in [5.74, 6) is -7.11. The minimum atomic E-state index is -4.02. The third-order valence-electron chi connectivity index (χ3n) is 6.33. The van der Waals surface area contributed by atoms with Gasteiger partial charge in [0.15, 0.2) is 6.17 Å². The van der Waals surface area contributed by atoms with Crippen molar-refractivity contribution in [1.82, 2.24) is 20.3 Å². The molecule has 0 saturated carbocycles. The molecule has 1 amide bonds. The molecule has 1 aromatic heterocycles. The number of aromatic nitrogens is 3. The van der Waals surface area contributed by atoms with Gasteiger partial charge in [0.2, 0.25) is 5.91 Å². The molecule has 202 valence electrons. The number of amides is 1. The molecule has 1 saturated heterocycles. The number of carboxylic acids is 1. The van der Waals surface area contributed by atoms with E-state index in [9.17, 15) is 30.0 Å². The van der Waals surface area contributed by atoms with Crippen LogP contribution in [0, 0.1) is 0 Å². The second kappa shape index (κ2) is 10.9. The van der Waals surface area contributed by atoms with Crippen LogP contribution in [0.15, 0.2) is 60.7 Å². The fourth-order valence-corrected chi connectivity index (χ4v) is 4.55. The van der Waals surface area contributed by atoms with E-state index in [4.69, 9.17) is 4.74 Å². The Labute approximate surface area is 215 Å². The molecule has 1 fully saturated rings. The average Bonchev–Trinajstić information content (AvgIpc) is 3.35. The van der Waals surface area contributed by atoms with E-state index in [-0.39, 0.29) is 11.4 Å². The Bertz CT molecular complexity index is 1280. The van der Waals surface area contributed by atoms with Crippen LogP contribution in [0.1, 0.15) is 13.0 Å². The Morgan fingerprint density at radius 2 is 1.68 bits per heavy atom. The maximum Gasteiger partial charge on any atom is 0.372 e. The Morgan fingerprint density at radius 1 is 1.11 bits per heavy atom. The average molecular weight is 533 g/mol. The van der Waals surface area contributed by atoms with Gasteiger partial charge in [0, 0.05) is 18.1 Å². The van der Waals surface area contributed by atoms with E-state index in [0.29, 0.717) is 11.1 Å². The van der Waals surface area contributed by atoms with Crippen molar-refractivity contribution in [2.45, 2.75) is 49.3 Å². The van der Waals surface area contributed by atoms with Gasteiger partial charge in [-0.1, -0.05) is 65.9 Å². The monoisotopic (exact) mass is 532 g/mol. The summed E-state index contributed by atoms with van der Waals surface area (Å²) in [6, 6.07) is 13.5. The number of rotatable bonds is 8. The highest BCUT2D eigenvalue weighted by atomic mass is 19.2. The summed E-state index contributed by atoms with van der Waals surface area (Å²) in [6.07, 6.45) is -9.06. The fraction of sp³-hybridized carbons (Fsp3) is 0.360. The number of aliphatic hydroxyl groups excluding tert-OH is 3. The highest BCUT2D eigenvalue weighted by molar-refractivity contribution is 5.79. The molecule has 0 bridgehead atoms. The molecule has 3 aromatic rings. The van der Waals surface area contributed by atoms with Crippen LogP contribution in [0.4, 0.5) is 8.78 Å². The number of hydrogen-bond donors (Lipinski definition) is 5. The molecule has 7 atom stereocenters. The van der Waals surface area contributed by atoms with Crippen LogP contribution in [0.3, 0.4) is 0 Å². The smallest absolute Gasteiger partial charge is 0.372 e.